The summed E-state index contributed by atoms with van der Waals surface area (Å²) in [7, 11) is -3.62. The number of ether oxygens (including phenoxy) is 1. The molecule has 1 saturated heterocycles. The number of morpholine rings is 1. The van der Waals surface area contributed by atoms with E-state index in [9.17, 15) is 13.2 Å². The average Bonchev–Trinajstić information content (AvgIpc) is 3.51. The highest BCUT2D eigenvalue weighted by Gasteiger charge is 2.27. The van der Waals surface area contributed by atoms with E-state index in [0.29, 0.717) is 44.2 Å². The van der Waals surface area contributed by atoms with Crippen LogP contribution < -0.4 is 0 Å². The number of carbonyl (C=O) groups excluding carboxylic acids is 1. The SMILES string of the molecule is CCCN(Cc1nnc(-c2ccco2)o1)C(=O)c1ccc(S(=O)(=O)N2CCOCC2)cc1. The summed E-state index contributed by atoms with van der Waals surface area (Å²) in [6, 6.07) is 9.41. The van der Waals surface area contributed by atoms with Gasteiger partial charge < -0.3 is 18.5 Å². The lowest BCUT2D eigenvalue weighted by Gasteiger charge is -2.26. The Kier molecular flexibility index (Phi) is 6.68. The van der Waals surface area contributed by atoms with E-state index in [1.54, 1.807) is 17.0 Å². The van der Waals surface area contributed by atoms with E-state index in [1.165, 1.54) is 34.8 Å². The van der Waals surface area contributed by atoms with Gasteiger partial charge in [-0.1, -0.05) is 6.92 Å². The fourth-order valence-corrected chi connectivity index (χ4v) is 4.80. The lowest BCUT2D eigenvalue weighted by Crippen LogP contribution is -2.40. The summed E-state index contributed by atoms with van der Waals surface area (Å²) in [5.74, 6) is 0.727. The minimum atomic E-state index is -3.62. The van der Waals surface area contributed by atoms with Crippen molar-refractivity contribution in [1.82, 2.24) is 19.4 Å². The van der Waals surface area contributed by atoms with Gasteiger partial charge >= 0.3 is 0 Å². The number of aromatic nitrogens is 2. The molecule has 1 fully saturated rings. The first-order chi connectivity index (χ1) is 15.5. The van der Waals surface area contributed by atoms with Gasteiger partial charge in [-0.05, 0) is 42.8 Å². The number of hydrogen-bond donors (Lipinski definition) is 0. The summed E-state index contributed by atoms with van der Waals surface area (Å²) in [6.45, 7) is 3.95. The largest absolute Gasteiger partial charge is 0.459 e. The van der Waals surface area contributed by atoms with Crippen LogP contribution in [0, 0.1) is 0 Å². The molecule has 0 atom stereocenters. The van der Waals surface area contributed by atoms with Crippen LogP contribution in [0.15, 0.2) is 56.4 Å². The van der Waals surface area contributed by atoms with Crippen molar-refractivity contribution in [3.8, 4) is 11.7 Å². The topological polar surface area (TPSA) is 119 Å². The van der Waals surface area contributed by atoms with E-state index < -0.39 is 10.0 Å². The zero-order valence-electron chi connectivity index (χ0n) is 17.6. The molecular formula is C21H24N4O6S. The van der Waals surface area contributed by atoms with Crippen LogP contribution in [0.1, 0.15) is 29.6 Å². The Morgan fingerprint density at radius 1 is 1.12 bits per heavy atom. The second-order valence-corrected chi connectivity index (χ2v) is 9.18. The van der Waals surface area contributed by atoms with Gasteiger partial charge in [-0.25, -0.2) is 8.42 Å². The van der Waals surface area contributed by atoms with Gasteiger partial charge in [-0.3, -0.25) is 4.79 Å². The number of furan rings is 1. The number of carbonyl (C=O) groups is 1. The maximum atomic E-state index is 13.1. The van der Waals surface area contributed by atoms with Crippen molar-refractivity contribution >= 4 is 15.9 Å². The van der Waals surface area contributed by atoms with E-state index in [-0.39, 0.29) is 29.1 Å². The first kappa shape index (κ1) is 22.2. The van der Waals surface area contributed by atoms with Gasteiger partial charge in [0.15, 0.2) is 5.76 Å². The van der Waals surface area contributed by atoms with Gasteiger partial charge in [0.2, 0.25) is 15.9 Å². The van der Waals surface area contributed by atoms with Crippen LogP contribution in [0.2, 0.25) is 0 Å². The summed E-state index contributed by atoms with van der Waals surface area (Å²) in [5.41, 5.74) is 0.380. The first-order valence-corrected chi connectivity index (χ1v) is 11.8. The van der Waals surface area contributed by atoms with Crippen LogP contribution in [-0.4, -0.2) is 66.6 Å². The van der Waals surface area contributed by atoms with Crippen LogP contribution in [0.5, 0.6) is 0 Å². The highest BCUT2D eigenvalue weighted by atomic mass is 32.2. The van der Waals surface area contributed by atoms with Gasteiger partial charge in [0, 0.05) is 25.2 Å². The smallest absolute Gasteiger partial charge is 0.283 e. The summed E-state index contributed by atoms with van der Waals surface area (Å²) >= 11 is 0. The molecule has 2 aromatic heterocycles. The van der Waals surface area contributed by atoms with Crippen LogP contribution >= 0.6 is 0 Å². The van der Waals surface area contributed by atoms with Crippen molar-refractivity contribution in [1.29, 1.82) is 0 Å². The van der Waals surface area contributed by atoms with E-state index in [2.05, 4.69) is 10.2 Å². The average molecular weight is 461 g/mol. The quantitative estimate of drug-likeness (QED) is 0.503. The molecule has 0 N–H and O–H groups in total. The van der Waals surface area contributed by atoms with Crippen molar-refractivity contribution in [3.63, 3.8) is 0 Å². The fourth-order valence-electron chi connectivity index (χ4n) is 3.39. The van der Waals surface area contributed by atoms with Crippen molar-refractivity contribution in [2.45, 2.75) is 24.8 Å². The normalized spacial score (nSPS) is 15.0. The Bertz CT molecular complexity index is 1140. The molecule has 10 nitrogen and oxygen atoms in total. The van der Waals surface area contributed by atoms with Crippen LogP contribution in [0.4, 0.5) is 0 Å². The van der Waals surface area contributed by atoms with Gasteiger partial charge in [0.05, 0.1) is 30.9 Å². The highest BCUT2D eigenvalue weighted by Crippen LogP contribution is 2.21. The zero-order valence-corrected chi connectivity index (χ0v) is 18.5. The molecule has 32 heavy (non-hydrogen) atoms. The molecule has 4 rings (SSSR count). The van der Waals surface area contributed by atoms with Gasteiger partial charge in [0.25, 0.3) is 11.8 Å². The zero-order chi connectivity index (χ0) is 22.6. The highest BCUT2D eigenvalue weighted by molar-refractivity contribution is 7.89. The third kappa shape index (κ3) is 4.74. The van der Waals surface area contributed by atoms with Crippen molar-refractivity contribution < 1.29 is 26.8 Å². The summed E-state index contributed by atoms with van der Waals surface area (Å²) in [4.78, 5) is 14.8. The maximum Gasteiger partial charge on any atom is 0.283 e. The number of benzene rings is 1. The molecule has 0 radical (unpaired) electrons. The van der Waals surface area contributed by atoms with Crippen LogP contribution in [0.25, 0.3) is 11.7 Å². The molecule has 0 saturated carbocycles. The second kappa shape index (κ2) is 9.63. The third-order valence-electron chi connectivity index (χ3n) is 5.01. The van der Waals surface area contributed by atoms with E-state index in [0.717, 1.165) is 6.42 Å². The fraction of sp³-hybridized carbons (Fsp3) is 0.381. The molecule has 0 aliphatic carbocycles. The minimum Gasteiger partial charge on any atom is -0.459 e. The van der Waals surface area contributed by atoms with Gasteiger partial charge in [0.1, 0.15) is 0 Å². The molecule has 1 aliphatic rings. The number of sulfonamides is 1. The molecule has 1 amide bonds. The number of amides is 1. The summed E-state index contributed by atoms with van der Waals surface area (Å²) < 4.78 is 43.1. The standard InChI is InChI=1S/C21H24N4O6S/c1-2-9-24(15-19-22-23-20(31-19)18-4-3-12-30-18)21(26)16-5-7-17(8-6-16)32(27,28)25-10-13-29-14-11-25/h3-8,12H,2,9-11,13-15H2,1H3. The molecule has 3 heterocycles. The first-order valence-electron chi connectivity index (χ1n) is 10.3. The molecule has 1 aliphatic heterocycles. The second-order valence-electron chi connectivity index (χ2n) is 7.25. The Hall–Kier alpha value is -3.02. The molecule has 3 aromatic rings. The Balaban J connectivity index is 1.48. The molecule has 11 heteroatoms. The van der Waals surface area contributed by atoms with Gasteiger partial charge in [-0.2, -0.15) is 4.31 Å². The predicted molar refractivity (Wildman–Crippen MR) is 113 cm³/mol. The molecule has 0 unspecified atom stereocenters. The lowest BCUT2D eigenvalue weighted by atomic mass is 10.2. The maximum absolute atomic E-state index is 13.1. The number of rotatable bonds is 8. The lowest BCUT2D eigenvalue weighted by molar-refractivity contribution is 0.0728. The van der Waals surface area contributed by atoms with Crippen molar-refractivity contribution in [2.24, 2.45) is 0 Å². The molecule has 1 aromatic carbocycles. The molecule has 0 spiro atoms. The van der Waals surface area contributed by atoms with E-state index in [1.807, 2.05) is 6.92 Å². The summed E-state index contributed by atoms with van der Waals surface area (Å²) in [6.07, 6.45) is 2.24. The predicted octanol–water partition coefficient (Wildman–Crippen LogP) is 2.40. The number of hydrogen-bond acceptors (Lipinski definition) is 8. The monoisotopic (exact) mass is 460 g/mol. The third-order valence-corrected chi connectivity index (χ3v) is 6.93. The van der Waals surface area contributed by atoms with Crippen molar-refractivity contribution in [2.75, 3.05) is 32.8 Å². The Morgan fingerprint density at radius 3 is 2.53 bits per heavy atom. The Labute approximate surface area is 185 Å². The van der Waals surface area contributed by atoms with Crippen LogP contribution in [-0.2, 0) is 21.3 Å². The van der Waals surface area contributed by atoms with E-state index in [4.69, 9.17) is 13.6 Å². The Morgan fingerprint density at radius 2 is 1.88 bits per heavy atom. The van der Waals surface area contributed by atoms with Crippen LogP contribution in [0.3, 0.4) is 0 Å². The van der Waals surface area contributed by atoms with E-state index >= 15 is 0 Å². The number of nitrogens with zero attached hydrogens (tertiary/aromatic N) is 4. The van der Waals surface area contributed by atoms with Crippen molar-refractivity contribution in [3.05, 3.63) is 54.1 Å². The van der Waals surface area contributed by atoms with Gasteiger partial charge in [-0.15, -0.1) is 10.2 Å². The molecule has 0 bridgehead atoms. The minimum absolute atomic E-state index is 0.133. The molecular weight excluding hydrogens is 436 g/mol. The summed E-state index contributed by atoms with van der Waals surface area (Å²) in [5, 5.41) is 7.96. The molecule has 170 valence electrons.